The highest BCUT2D eigenvalue weighted by atomic mass is 15.1. The summed E-state index contributed by atoms with van der Waals surface area (Å²) in [6.07, 6.45) is 0. The van der Waals surface area contributed by atoms with Crippen molar-refractivity contribution in [3.05, 3.63) is 256 Å². The highest BCUT2D eigenvalue weighted by Gasteiger charge is 2.46. The van der Waals surface area contributed by atoms with Gasteiger partial charge in [0.15, 0.2) is 0 Å². The molecule has 0 atom stereocenters. The van der Waals surface area contributed by atoms with Gasteiger partial charge in [0, 0.05) is 22.4 Å². The molecule has 1 heteroatoms. The molecule has 298 valence electrons. The Balaban J connectivity index is 1.24. The molecule has 0 saturated heterocycles. The number of anilines is 3. The molecule has 0 amide bonds. The number of nitrogens with zero attached hydrogens (tertiary/aromatic N) is 1. The molecule has 9 aromatic rings. The summed E-state index contributed by atoms with van der Waals surface area (Å²) in [5.41, 5.74) is 24.5. The molecule has 2 aliphatic carbocycles. The molecule has 2 aliphatic rings. The molecule has 11 rings (SSSR count). The van der Waals surface area contributed by atoms with Crippen molar-refractivity contribution < 1.29 is 0 Å². The molecular formula is C61H49N. The van der Waals surface area contributed by atoms with Gasteiger partial charge in [-0.05, 0) is 146 Å². The molecule has 0 saturated carbocycles. The Labute approximate surface area is 366 Å². The van der Waals surface area contributed by atoms with E-state index in [0.717, 1.165) is 11.4 Å². The van der Waals surface area contributed by atoms with Crippen molar-refractivity contribution in [2.24, 2.45) is 0 Å². The highest BCUT2D eigenvalue weighted by molar-refractivity contribution is 5.97. The quantitative estimate of drug-likeness (QED) is 0.155. The minimum absolute atomic E-state index is 0.162. The summed E-state index contributed by atoms with van der Waals surface area (Å²) in [6, 6.07) is 77.2. The van der Waals surface area contributed by atoms with Gasteiger partial charge in [0.2, 0.25) is 0 Å². The van der Waals surface area contributed by atoms with E-state index in [1.165, 1.54) is 100 Å². The minimum Gasteiger partial charge on any atom is -0.310 e. The van der Waals surface area contributed by atoms with Crippen LogP contribution < -0.4 is 4.90 Å². The zero-order valence-electron chi connectivity index (χ0n) is 36.1. The van der Waals surface area contributed by atoms with E-state index >= 15 is 0 Å². The summed E-state index contributed by atoms with van der Waals surface area (Å²) in [5.74, 6) is 0. The van der Waals surface area contributed by atoms with Crippen LogP contribution >= 0.6 is 0 Å². The van der Waals surface area contributed by atoms with Crippen LogP contribution in [0, 0.1) is 20.8 Å². The van der Waals surface area contributed by atoms with E-state index in [-0.39, 0.29) is 5.41 Å². The lowest BCUT2D eigenvalue weighted by molar-refractivity contribution is 0.660. The monoisotopic (exact) mass is 795 g/mol. The third-order valence-electron chi connectivity index (χ3n) is 13.9. The van der Waals surface area contributed by atoms with Crippen molar-refractivity contribution in [3.8, 4) is 44.5 Å². The van der Waals surface area contributed by atoms with E-state index in [9.17, 15) is 0 Å². The first-order valence-corrected chi connectivity index (χ1v) is 21.9. The van der Waals surface area contributed by atoms with Crippen LogP contribution in [-0.2, 0) is 10.8 Å². The first-order valence-electron chi connectivity index (χ1n) is 21.9. The molecule has 0 radical (unpaired) electrons. The molecule has 0 unspecified atom stereocenters. The van der Waals surface area contributed by atoms with E-state index in [1.54, 1.807) is 0 Å². The number of hydrogen-bond acceptors (Lipinski definition) is 1. The molecule has 0 bridgehead atoms. The third-order valence-corrected chi connectivity index (χ3v) is 13.9. The Morgan fingerprint density at radius 1 is 0.339 bits per heavy atom. The lowest BCUT2D eigenvalue weighted by Crippen LogP contribution is -2.28. The maximum absolute atomic E-state index is 2.58. The summed E-state index contributed by atoms with van der Waals surface area (Å²) in [4.78, 5) is 2.58. The fraction of sp³-hybridized carbons (Fsp3) is 0.115. The normalized spacial score (nSPS) is 13.8. The number of hydrogen-bond donors (Lipinski definition) is 0. The fourth-order valence-corrected chi connectivity index (χ4v) is 11.1. The Morgan fingerprint density at radius 3 is 1.44 bits per heavy atom. The number of rotatable bonds is 7. The van der Waals surface area contributed by atoms with Gasteiger partial charge in [0.25, 0.3) is 0 Å². The van der Waals surface area contributed by atoms with Crippen molar-refractivity contribution in [1.82, 2.24) is 0 Å². The topological polar surface area (TPSA) is 3.24 Å². The molecule has 0 heterocycles. The summed E-state index contributed by atoms with van der Waals surface area (Å²) in [5, 5.41) is 0. The van der Waals surface area contributed by atoms with E-state index in [4.69, 9.17) is 0 Å². The summed E-state index contributed by atoms with van der Waals surface area (Å²) in [7, 11) is 0. The van der Waals surface area contributed by atoms with Crippen LogP contribution in [0.25, 0.3) is 44.5 Å². The molecular weight excluding hydrogens is 747 g/mol. The first kappa shape index (κ1) is 37.8. The van der Waals surface area contributed by atoms with Gasteiger partial charge in [-0.15, -0.1) is 0 Å². The zero-order valence-corrected chi connectivity index (χ0v) is 36.1. The SMILES string of the molecule is Cc1cccc(C)c1-c1cc(-c2ccccc2)cc(C)c1N(c1ccc2c(c1)C(C)(C)c1ccccc1-2)c1ccc2c(c1)C(c1ccccc1)(c1ccccc1)c1ccccc1-2. The van der Waals surface area contributed by atoms with Crippen molar-refractivity contribution in [2.45, 2.75) is 45.4 Å². The van der Waals surface area contributed by atoms with Gasteiger partial charge in [-0.25, -0.2) is 0 Å². The van der Waals surface area contributed by atoms with Gasteiger partial charge in [-0.3, -0.25) is 0 Å². The van der Waals surface area contributed by atoms with E-state index in [1.807, 2.05) is 0 Å². The smallest absolute Gasteiger partial charge is 0.0714 e. The zero-order chi connectivity index (χ0) is 42.2. The maximum atomic E-state index is 2.58. The van der Waals surface area contributed by atoms with Crippen molar-refractivity contribution in [3.63, 3.8) is 0 Å². The van der Waals surface area contributed by atoms with Crippen molar-refractivity contribution in [1.29, 1.82) is 0 Å². The standard InChI is InChI=1S/C61H49N/c1-40-20-19-21-41(2)58(40)53-37-44(43-22-9-6-10-23-43)36-42(3)59(53)62(47-32-34-51-49-28-15-17-30-54(49)60(4,5)56(51)38-47)48-33-35-52-50-29-16-18-31-55(50)61(57(52)39-48,45-24-11-7-12-25-45)46-26-13-8-14-27-46/h6-39H,1-5H3. The average molecular weight is 796 g/mol. The molecule has 0 N–H and O–H groups in total. The van der Waals surface area contributed by atoms with Crippen LogP contribution in [0.5, 0.6) is 0 Å². The first-order chi connectivity index (χ1) is 30.3. The molecule has 0 aliphatic heterocycles. The van der Waals surface area contributed by atoms with E-state index < -0.39 is 5.41 Å². The van der Waals surface area contributed by atoms with Gasteiger partial charge in [0.1, 0.15) is 0 Å². The second kappa shape index (κ2) is 14.5. The maximum Gasteiger partial charge on any atom is 0.0714 e. The second-order valence-electron chi connectivity index (χ2n) is 17.8. The van der Waals surface area contributed by atoms with Crippen LogP contribution in [0.3, 0.4) is 0 Å². The van der Waals surface area contributed by atoms with Gasteiger partial charge in [0.05, 0.1) is 11.1 Å². The number of aryl methyl sites for hydroxylation is 3. The average Bonchev–Trinajstić information content (AvgIpc) is 3.73. The van der Waals surface area contributed by atoms with Crippen LogP contribution in [0.4, 0.5) is 17.1 Å². The van der Waals surface area contributed by atoms with Gasteiger partial charge in [-0.1, -0.05) is 184 Å². The van der Waals surface area contributed by atoms with Crippen LogP contribution in [0.2, 0.25) is 0 Å². The minimum atomic E-state index is -0.528. The molecule has 9 aromatic carbocycles. The third kappa shape index (κ3) is 5.61. The van der Waals surface area contributed by atoms with Gasteiger partial charge < -0.3 is 4.90 Å². The molecule has 62 heavy (non-hydrogen) atoms. The number of fused-ring (bicyclic) bond motifs is 6. The Morgan fingerprint density at radius 2 is 0.823 bits per heavy atom. The van der Waals surface area contributed by atoms with Crippen LogP contribution in [0.15, 0.2) is 206 Å². The molecule has 1 nitrogen and oxygen atoms in total. The Hall–Kier alpha value is -7.22. The number of benzene rings is 9. The summed E-state index contributed by atoms with van der Waals surface area (Å²) in [6.45, 7) is 11.6. The fourth-order valence-electron chi connectivity index (χ4n) is 11.1. The molecule has 0 spiro atoms. The van der Waals surface area contributed by atoms with Gasteiger partial charge >= 0.3 is 0 Å². The Bertz CT molecular complexity index is 3110. The van der Waals surface area contributed by atoms with Crippen LogP contribution in [0.1, 0.15) is 63.9 Å². The van der Waals surface area contributed by atoms with Crippen molar-refractivity contribution >= 4 is 17.1 Å². The predicted octanol–water partition coefficient (Wildman–Crippen LogP) is 16.1. The van der Waals surface area contributed by atoms with Crippen molar-refractivity contribution in [2.75, 3.05) is 4.90 Å². The molecule has 0 aromatic heterocycles. The second-order valence-corrected chi connectivity index (χ2v) is 17.8. The van der Waals surface area contributed by atoms with E-state index in [2.05, 4.69) is 246 Å². The summed E-state index contributed by atoms with van der Waals surface area (Å²) < 4.78 is 0. The Kier molecular flexibility index (Phi) is 8.81. The summed E-state index contributed by atoms with van der Waals surface area (Å²) >= 11 is 0. The predicted molar refractivity (Wildman–Crippen MR) is 261 cm³/mol. The van der Waals surface area contributed by atoms with E-state index in [0.29, 0.717) is 0 Å². The van der Waals surface area contributed by atoms with Gasteiger partial charge in [-0.2, -0.15) is 0 Å². The largest absolute Gasteiger partial charge is 0.310 e. The highest BCUT2D eigenvalue weighted by Crippen LogP contribution is 2.58. The lowest BCUT2D eigenvalue weighted by Gasteiger charge is -2.36. The lowest BCUT2D eigenvalue weighted by atomic mass is 9.67. The molecule has 0 fully saturated rings. The van der Waals surface area contributed by atoms with Crippen LogP contribution in [-0.4, -0.2) is 0 Å².